The van der Waals surface area contributed by atoms with Gasteiger partial charge in [0.05, 0.1) is 39.6 Å². The van der Waals surface area contributed by atoms with Crippen molar-refractivity contribution >= 4 is 11.9 Å². The van der Waals surface area contributed by atoms with Crippen LogP contribution in [-0.2, 0) is 26.7 Å². The number of carbonyl (C=O) groups excluding carboxylic acids is 2. The van der Waals surface area contributed by atoms with Crippen LogP contribution in [0.3, 0.4) is 0 Å². The number of aliphatic carboxylic acids is 2. The Hall–Kier alpha value is -0.861. The summed E-state index contributed by atoms with van der Waals surface area (Å²) >= 11 is 0. The van der Waals surface area contributed by atoms with Crippen LogP contribution in [0.4, 0.5) is 0 Å². The van der Waals surface area contributed by atoms with E-state index in [1.54, 1.807) is 9.80 Å². The molecule has 181 valence electrons. The van der Waals surface area contributed by atoms with Crippen molar-refractivity contribution in [3.63, 3.8) is 0 Å². The minimum absolute atomic E-state index is 0. The van der Waals surface area contributed by atoms with Gasteiger partial charge in [-0.1, -0.05) is 0 Å². The van der Waals surface area contributed by atoms with Crippen LogP contribution in [0.15, 0.2) is 0 Å². The van der Waals surface area contributed by atoms with Crippen molar-refractivity contribution in [3.05, 3.63) is 0 Å². The maximum atomic E-state index is 8.89. The number of carbonyl (C=O) groups is 2. The molecule has 0 aliphatic heterocycles. The zero-order chi connectivity index (χ0) is 22.8. The largest absolute Gasteiger partial charge is 2.00 e. The van der Waals surface area contributed by atoms with E-state index in [-0.39, 0.29) is 56.7 Å². The molecule has 0 unspecified atom stereocenters. The molecule has 0 saturated carbocycles. The zero-order valence-electron chi connectivity index (χ0n) is 17.0. The van der Waals surface area contributed by atoms with E-state index < -0.39 is 11.9 Å². The Bertz CT molecular complexity index is 262. The molecule has 0 spiro atoms. The number of aliphatic hydroxyl groups is 6. The van der Waals surface area contributed by atoms with Gasteiger partial charge in [0, 0.05) is 51.2 Å². The Morgan fingerprint density at radius 3 is 0.724 bits per heavy atom. The van der Waals surface area contributed by atoms with Crippen molar-refractivity contribution in [3.8, 4) is 0 Å². The molecular weight excluding hydrogens is 444 g/mol. The molecule has 12 nitrogen and oxygen atoms in total. The molecule has 6 N–H and O–H groups in total. The normalized spacial score (nSPS) is 9.17. The first-order valence-electron chi connectivity index (χ1n) is 8.61. The number of hydrogen-bond acceptors (Lipinski definition) is 12. The Morgan fingerprint density at radius 2 is 0.655 bits per heavy atom. The third kappa shape index (κ3) is 58.4. The average molecular weight is 480 g/mol. The SMILES string of the molecule is CC(=O)[O-].CC(=O)[O-].OCCN(CCO)CCO.OCCN(CCO)CCO.[Cu+2]. The minimum atomic E-state index is -1.08. The maximum absolute atomic E-state index is 8.89. The average Bonchev–Trinajstić information content (AvgIpc) is 2.56. The third-order valence-corrected chi connectivity index (χ3v) is 2.50. The Morgan fingerprint density at radius 1 is 0.552 bits per heavy atom. The van der Waals surface area contributed by atoms with Crippen molar-refractivity contribution in [2.75, 3.05) is 78.9 Å². The van der Waals surface area contributed by atoms with Gasteiger partial charge in [-0.15, -0.1) is 0 Å². The van der Waals surface area contributed by atoms with E-state index in [1.807, 2.05) is 0 Å². The van der Waals surface area contributed by atoms with Crippen LogP contribution in [0, 0.1) is 0 Å². The van der Waals surface area contributed by atoms with E-state index in [2.05, 4.69) is 0 Å². The van der Waals surface area contributed by atoms with E-state index >= 15 is 0 Å². The number of aliphatic hydroxyl groups excluding tert-OH is 6. The first-order valence-corrected chi connectivity index (χ1v) is 8.61. The quantitative estimate of drug-likeness (QED) is 0.144. The monoisotopic (exact) mass is 479 g/mol. The number of carboxylic acids is 2. The summed E-state index contributed by atoms with van der Waals surface area (Å²) < 4.78 is 0. The Kier molecular flexibility index (Phi) is 46.2. The Labute approximate surface area is 182 Å². The second-order valence-electron chi connectivity index (χ2n) is 5.01. The molecule has 0 aliphatic rings. The van der Waals surface area contributed by atoms with Gasteiger partial charge in [0.2, 0.25) is 0 Å². The molecule has 0 aromatic carbocycles. The molecule has 0 fully saturated rings. The summed E-state index contributed by atoms with van der Waals surface area (Å²) in [6, 6.07) is 0. The fourth-order valence-corrected chi connectivity index (χ4v) is 1.52. The number of rotatable bonds is 12. The van der Waals surface area contributed by atoms with Crippen molar-refractivity contribution in [2.45, 2.75) is 13.8 Å². The van der Waals surface area contributed by atoms with Crippen molar-refractivity contribution in [1.29, 1.82) is 0 Å². The second-order valence-corrected chi connectivity index (χ2v) is 5.01. The molecule has 13 heteroatoms. The standard InChI is InChI=1S/2C6H15NO3.2C2H4O2.Cu/c2*8-4-1-7(2-5-9)3-6-10;2*1-2(3)4;/h2*8-10H,1-6H2;2*1H3,(H,3,4);/q;;;;+2/p-2. The summed E-state index contributed by atoms with van der Waals surface area (Å²) in [5, 5.41) is 68.7. The van der Waals surface area contributed by atoms with E-state index in [0.717, 1.165) is 13.8 Å². The van der Waals surface area contributed by atoms with Crippen LogP contribution in [0.25, 0.3) is 0 Å². The summed E-state index contributed by atoms with van der Waals surface area (Å²) in [4.78, 5) is 21.4. The van der Waals surface area contributed by atoms with Gasteiger partial charge in [-0.3, -0.25) is 9.80 Å². The first-order chi connectivity index (χ1) is 13.2. The summed E-state index contributed by atoms with van der Waals surface area (Å²) in [7, 11) is 0. The fourth-order valence-electron chi connectivity index (χ4n) is 1.52. The summed E-state index contributed by atoms with van der Waals surface area (Å²) in [5.74, 6) is -2.17. The van der Waals surface area contributed by atoms with Crippen LogP contribution in [0.2, 0.25) is 0 Å². The molecule has 0 atom stereocenters. The number of carboxylic acid groups (broad SMARTS) is 2. The topological polar surface area (TPSA) is 208 Å². The first kappa shape index (κ1) is 38.7. The van der Waals surface area contributed by atoms with Crippen LogP contribution < -0.4 is 10.2 Å². The molecule has 0 rings (SSSR count). The van der Waals surface area contributed by atoms with Gasteiger partial charge in [-0.25, -0.2) is 0 Å². The van der Waals surface area contributed by atoms with Gasteiger partial charge >= 0.3 is 17.1 Å². The summed E-state index contributed by atoms with van der Waals surface area (Å²) in [6.45, 7) is 5.45. The predicted octanol–water partition coefficient (Wildman–Crippen LogP) is -5.96. The molecule has 0 heterocycles. The van der Waals surface area contributed by atoms with Gasteiger partial charge in [-0.2, -0.15) is 0 Å². The van der Waals surface area contributed by atoms with E-state index in [1.165, 1.54) is 0 Å². The van der Waals surface area contributed by atoms with E-state index in [0.29, 0.717) is 39.3 Å². The summed E-state index contributed by atoms with van der Waals surface area (Å²) in [5.41, 5.74) is 0. The second kappa shape index (κ2) is 34.6. The molecule has 1 radical (unpaired) electrons. The van der Waals surface area contributed by atoms with E-state index in [9.17, 15) is 0 Å². The molecule has 0 aliphatic carbocycles. The zero-order valence-corrected chi connectivity index (χ0v) is 17.9. The smallest absolute Gasteiger partial charge is 0.550 e. The molecule has 29 heavy (non-hydrogen) atoms. The van der Waals surface area contributed by atoms with Gasteiger partial charge < -0.3 is 50.4 Å². The molecular formula is C16H36CuN2O10. The third-order valence-electron chi connectivity index (χ3n) is 2.50. The van der Waals surface area contributed by atoms with Gasteiger partial charge in [0.15, 0.2) is 0 Å². The number of nitrogens with zero attached hydrogens (tertiary/aromatic N) is 2. The molecule has 0 saturated heterocycles. The Balaban J connectivity index is -0.0000000950. The van der Waals surface area contributed by atoms with Crippen molar-refractivity contribution in [1.82, 2.24) is 9.80 Å². The van der Waals surface area contributed by atoms with Crippen LogP contribution in [-0.4, -0.2) is 131 Å². The fraction of sp³-hybridized carbons (Fsp3) is 0.875. The van der Waals surface area contributed by atoms with Crippen molar-refractivity contribution < 1.29 is 67.5 Å². The van der Waals surface area contributed by atoms with E-state index in [4.69, 9.17) is 50.4 Å². The van der Waals surface area contributed by atoms with Crippen LogP contribution in [0.1, 0.15) is 13.8 Å². The van der Waals surface area contributed by atoms with Crippen LogP contribution in [0.5, 0.6) is 0 Å². The molecule has 0 aromatic rings. The van der Waals surface area contributed by atoms with Gasteiger partial charge in [0.1, 0.15) is 0 Å². The van der Waals surface area contributed by atoms with Gasteiger partial charge in [-0.05, 0) is 13.8 Å². The minimum Gasteiger partial charge on any atom is -0.550 e. The predicted molar refractivity (Wildman–Crippen MR) is 96.8 cm³/mol. The maximum Gasteiger partial charge on any atom is 2.00 e. The molecule has 0 aromatic heterocycles. The molecule has 0 amide bonds. The molecule has 0 bridgehead atoms. The van der Waals surface area contributed by atoms with Crippen molar-refractivity contribution in [2.24, 2.45) is 0 Å². The van der Waals surface area contributed by atoms with Crippen LogP contribution >= 0.6 is 0 Å². The van der Waals surface area contributed by atoms with Gasteiger partial charge in [0.25, 0.3) is 0 Å². The summed E-state index contributed by atoms with van der Waals surface area (Å²) in [6.07, 6.45) is 0. The number of hydrogen-bond donors (Lipinski definition) is 6.